The predicted molar refractivity (Wildman–Crippen MR) is 99.5 cm³/mol. The monoisotopic (exact) mass is 362 g/mol. The molecule has 0 aliphatic rings. The third-order valence-electron chi connectivity index (χ3n) is 2.35. The summed E-state index contributed by atoms with van der Waals surface area (Å²) in [6.45, 7) is 13.9. The fraction of sp³-hybridized carbons (Fsp3) is 0.444. The zero-order valence-corrected chi connectivity index (χ0v) is 17.1. The molecule has 2 rings (SSSR count). The van der Waals surface area contributed by atoms with E-state index in [0.717, 1.165) is 17.2 Å². The van der Waals surface area contributed by atoms with E-state index in [2.05, 4.69) is 59.7 Å². The Labute approximate surface area is 145 Å². The Bertz CT molecular complexity index is 422. The fourth-order valence-electron chi connectivity index (χ4n) is 1.79. The summed E-state index contributed by atoms with van der Waals surface area (Å²) in [4.78, 5) is 0. The van der Waals surface area contributed by atoms with E-state index < -0.39 is 0 Å². The van der Waals surface area contributed by atoms with Gasteiger partial charge in [-0.05, 0) is 10.3 Å². The Balaban J connectivity index is 0.000000562. The molecule has 0 aliphatic carbocycles. The third kappa shape index (κ3) is 11.3. The van der Waals surface area contributed by atoms with Crippen LogP contribution in [0.25, 0.3) is 0 Å². The smallest absolute Gasteiger partial charge is 0.214 e. The van der Waals surface area contributed by atoms with Gasteiger partial charge in [0.1, 0.15) is 0 Å². The summed E-state index contributed by atoms with van der Waals surface area (Å²) < 4.78 is 0. The van der Waals surface area contributed by atoms with Crippen LogP contribution in [-0.2, 0) is 17.1 Å². The molecule has 0 saturated carbocycles. The van der Waals surface area contributed by atoms with Gasteiger partial charge in [-0.25, -0.2) is 18.2 Å². The first-order chi connectivity index (χ1) is 9.16. The maximum absolute atomic E-state index is 2.40. The molecule has 0 fully saturated rings. The van der Waals surface area contributed by atoms with Crippen LogP contribution in [0.1, 0.15) is 41.5 Å². The number of hydrogen-bond acceptors (Lipinski definition) is 0. The Kier molecular flexibility index (Phi) is 9.31. The van der Waals surface area contributed by atoms with Gasteiger partial charge >= 0.3 is 17.1 Å². The van der Waals surface area contributed by atoms with Crippen LogP contribution in [0, 0.1) is 0 Å². The van der Waals surface area contributed by atoms with Crippen LogP contribution in [0.2, 0.25) is 0 Å². The molecule has 0 radical (unpaired) electrons. The van der Waals surface area contributed by atoms with Crippen LogP contribution < -0.4 is 10.6 Å². The number of hydrogen-bond donors (Lipinski definition) is 0. The summed E-state index contributed by atoms with van der Waals surface area (Å²) >= 11 is 0. The average Bonchev–Trinajstić information content (AvgIpc) is 2.87. The van der Waals surface area contributed by atoms with Crippen LogP contribution in [0.5, 0.6) is 0 Å². The van der Waals surface area contributed by atoms with E-state index in [9.17, 15) is 0 Å². The van der Waals surface area contributed by atoms with Gasteiger partial charge in [-0.15, -0.1) is 13.9 Å². The van der Waals surface area contributed by atoms with Crippen molar-refractivity contribution in [2.75, 3.05) is 0 Å². The molecule has 0 amide bonds. The van der Waals surface area contributed by atoms with Crippen molar-refractivity contribution < 1.29 is 17.1 Å². The average molecular weight is 362 g/mol. The molecule has 21 heavy (non-hydrogen) atoms. The summed E-state index contributed by atoms with van der Waals surface area (Å²) in [7, 11) is 1.85. The van der Waals surface area contributed by atoms with Crippen LogP contribution in [0.4, 0.5) is 0 Å². The molecule has 2 atom stereocenters. The molecule has 0 heterocycles. The van der Waals surface area contributed by atoms with Crippen molar-refractivity contribution in [2.45, 2.75) is 51.9 Å². The first-order valence-electron chi connectivity index (χ1n) is 7.15. The van der Waals surface area contributed by atoms with Gasteiger partial charge in [-0.3, -0.25) is 0 Å². The van der Waals surface area contributed by atoms with Gasteiger partial charge in [-0.1, -0.05) is 41.5 Å². The normalized spacial score (nSPS) is 12.5. The van der Waals surface area contributed by atoms with Gasteiger partial charge in [0.15, 0.2) is 0 Å². The predicted octanol–water partition coefficient (Wildman–Crippen LogP) is 5.01. The van der Waals surface area contributed by atoms with Crippen molar-refractivity contribution in [3.8, 4) is 0 Å². The van der Waals surface area contributed by atoms with E-state index in [1.165, 1.54) is 10.6 Å². The molecule has 0 aliphatic heterocycles. The Hall–Kier alpha value is 0.0795. The molecule has 0 bridgehead atoms. The standard InChI is InChI=1S/C13H23P2.C5H5.Fe/c1-12(2,3)14-10-7-8-11(9-10)15-13(4,5)6;1-2-4-5-3-1;/h7-9,14-15H,1-6H3;1-5H;/q2*-1;+2. The summed E-state index contributed by atoms with van der Waals surface area (Å²) in [5.74, 6) is 0. The Morgan fingerprint density at radius 2 is 1.52 bits per heavy atom. The second kappa shape index (κ2) is 9.27. The van der Waals surface area contributed by atoms with E-state index in [4.69, 9.17) is 0 Å². The molecule has 0 nitrogen and oxygen atoms in total. The molecule has 2 unspecified atom stereocenters. The Morgan fingerprint density at radius 3 is 1.90 bits per heavy atom. The zero-order chi connectivity index (χ0) is 15.2. The Morgan fingerprint density at radius 1 is 0.952 bits per heavy atom. The maximum Gasteiger partial charge on any atom is 2.00 e. The van der Waals surface area contributed by atoms with Crippen molar-refractivity contribution >= 4 is 27.8 Å². The SMILES string of the molecule is CC(C)(C)Pc1cc[c-](PC(C)(C)C)c1.[Fe+2].c1cc[cH-]c1. The van der Waals surface area contributed by atoms with Crippen LogP contribution in [-0.4, -0.2) is 10.3 Å². The summed E-state index contributed by atoms with van der Waals surface area (Å²) in [5.41, 5.74) is 0. The summed E-state index contributed by atoms with van der Waals surface area (Å²) in [6, 6.07) is 17.0. The molecule has 0 N–H and O–H groups in total. The fourth-order valence-corrected chi connectivity index (χ4v) is 4.45. The van der Waals surface area contributed by atoms with Crippen molar-refractivity contribution in [1.29, 1.82) is 0 Å². The van der Waals surface area contributed by atoms with Gasteiger partial charge < -0.3 is 0 Å². The first-order valence-corrected chi connectivity index (χ1v) is 9.15. The molecule has 118 valence electrons. The molecule has 0 saturated heterocycles. The van der Waals surface area contributed by atoms with E-state index >= 15 is 0 Å². The molecule has 0 aromatic heterocycles. The van der Waals surface area contributed by atoms with E-state index in [1.54, 1.807) is 0 Å². The molecular formula is C18H28FeP2. The zero-order valence-electron chi connectivity index (χ0n) is 14.0. The van der Waals surface area contributed by atoms with Crippen molar-refractivity contribution in [2.24, 2.45) is 0 Å². The molecule has 2 aromatic rings. The maximum atomic E-state index is 2.40. The van der Waals surface area contributed by atoms with Gasteiger partial charge in [0.25, 0.3) is 0 Å². The quantitative estimate of drug-likeness (QED) is 0.400. The topological polar surface area (TPSA) is 0 Å². The minimum Gasteiger partial charge on any atom is -0.214 e. The third-order valence-corrected chi connectivity index (χ3v) is 5.05. The van der Waals surface area contributed by atoms with Gasteiger partial charge in [-0.2, -0.15) is 44.2 Å². The molecule has 2 aromatic carbocycles. The van der Waals surface area contributed by atoms with Gasteiger partial charge in [0.2, 0.25) is 0 Å². The van der Waals surface area contributed by atoms with Crippen LogP contribution in [0.3, 0.4) is 0 Å². The first kappa shape index (κ1) is 21.1. The second-order valence-corrected chi connectivity index (χ2v) is 11.8. The minimum atomic E-state index is 0. The van der Waals surface area contributed by atoms with E-state index in [0.29, 0.717) is 10.3 Å². The summed E-state index contributed by atoms with van der Waals surface area (Å²) in [6.07, 6.45) is 0. The van der Waals surface area contributed by atoms with Crippen molar-refractivity contribution in [3.63, 3.8) is 0 Å². The van der Waals surface area contributed by atoms with Crippen LogP contribution in [0.15, 0.2) is 48.5 Å². The molecule has 0 spiro atoms. The summed E-state index contributed by atoms with van der Waals surface area (Å²) in [5, 5.41) is 3.90. The second-order valence-electron chi connectivity index (χ2n) is 7.10. The van der Waals surface area contributed by atoms with E-state index in [-0.39, 0.29) is 17.1 Å². The minimum absolute atomic E-state index is 0. The van der Waals surface area contributed by atoms with Crippen LogP contribution >= 0.6 is 17.2 Å². The van der Waals surface area contributed by atoms with Gasteiger partial charge in [0.05, 0.1) is 0 Å². The van der Waals surface area contributed by atoms with Gasteiger partial charge in [0, 0.05) is 0 Å². The molecular weight excluding hydrogens is 334 g/mol. The largest absolute Gasteiger partial charge is 2.00 e. The van der Waals surface area contributed by atoms with E-state index in [1.807, 2.05) is 30.3 Å². The van der Waals surface area contributed by atoms with Crippen molar-refractivity contribution in [3.05, 3.63) is 48.5 Å². The number of rotatable bonds is 2. The van der Waals surface area contributed by atoms with Crippen molar-refractivity contribution in [1.82, 2.24) is 0 Å². The molecule has 3 heteroatoms.